The first-order valence-corrected chi connectivity index (χ1v) is 10.4. The summed E-state index contributed by atoms with van der Waals surface area (Å²) in [7, 11) is 1.85. The number of nitrogens with one attached hydrogen (secondary N) is 1. The highest BCUT2D eigenvalue weighted by Gasteiger charge is 2.51. The number of carbonyl (C=O) groups is 1. The molecule has 0 bridgehead atoms. The molecule has 2 heterocycles. The minimum atomic E-state index is -0.0654. The summed E-state index contributed by atoms with van der Waals surface area (Å²) in [5.74, 6) is 0.149. The van der Waals surface area contributed by atoms with Crippen molar-refractivity contribution in [1.82, 2.24) is 15.2 Å². The van der Waals surface area contributed by atoms with Crippen LogP contribution >= 0.6 is 11.3 Å². The Kier molecular flexibility index (Phi) is 4.99. The molecule has 0 spiro atoms. The fourth-order valence-electron chi connectivity index (χ4n) is 4.60. The molecule has 2 fully saturated rings. The molecule has 1 saturated heterocycles. The normalized spacial score (nSPS) is 29.0. The highest BCUT2D eigenvalue weighted by molar-refractivity contribution is 7.18. The van der Waals surface area contributed by atoms with Gasteiger partial charge in [0.15, 0.2) is 0 Å². The molecular weight excluding hydrogens is 346 g/mol. The average Bonchev–Trinajstić information content (AvgIpc) is 3.23. The van der Waals surface area contributed by atoms with Crippen molar-refractivity contribution in [2.24, 2.45) is 0 Å². The van der Waals surface area contributed by atoms with Crippen LogP contribution in [-0.2, 0) is 16.1 Å². The summed E-state index contributed by atoms with van der Waals surface area (Å²) in [5.41, 5.74) is 1.02. The topological polar surface area (TPSA) is 54.5 Å². The lowest BCUT2D eigenvalue weighted by Crippen LogP contribution is -2.54. The molecular formula is C20H27N3O2S. The monoisotopic (exact) mass is 373 g/mol. The number of methoxy groups -OCH3 is 1. The van der Waals surface area contributed by atoms with E-state index in [1.807, 2.05) is 20.1 Å². The van der Waals surface area contributed by atoms with Crippen molar-refractivity contribution in [3.63, 3.8) is 0 Å². The molecule has 26 heavy (non-hydrogen) atoms. The lowest BCUT2D eigenvalue weighted by Gasteiger charge is -2.43. The Morgan fingerprint density at radius 2 is 2.27 bits per heavy atom. The fraction of sp³-hybridized carbons (Fsp3) is 0.600. The Hall–Kier alpha value is -1.50. The number of likely N-dealkylation sites (tertiary alicyclic amines) is 1. The minimum absolute atomic E-state index is 0.0654. The standard InChI is InChI=1S/C20H27N3O2S/c1-3-18(24)21-14-8-9-20(25-2)10-11-23(17(20)12-14)13-19-22-15-6-4-5-7-16(15)26-19/h4-7,14,17H,3,8-13H2,1-2H3,(H,21,24)/t14-,17+,20-/m1/s1. The molecule has 1 aliphatic heterocycles. The van der Waals surface area contributed by atoms with Crippen molar-refractivity contribution in [2.75, 3.05) is 13.7 Å². The van der Waals surface area contributed by atoms with E-state index in [9.17, 15) is 4.79 Å². The van der Waals surface area contributed by atoms with Gasteiger partial charge in [-0.3, -0.25) is 9.69 Å². The number of para-hydroxylation sites is 1. The third kappa shape index (κ3) is 3.26. The lowest BCUT2D eigenvalue weighted by molar-refractivity contribution is -0.123. The Bertz CT molecular complexity index is 759. The largest absolute Gasteiger partial charge is 0.377 e. The van der Waals surface area contributed by atoms with Crippen molar-refractivity contribution in [3.05, 3.63) is 29.3 Å². The molecule has 3 atom stereocenters. The molecule has 4 rings (SSSR count). The van der Waals surface area contributed by atoms with Gasteiger partial charge in [0.05, 0.1) is 22.4 Å². The van der Waals surface area contributed by atoms with Gasteiger partial charge in [0.2, 0.25) is 5.91 Å². The van der Waals surface area contributed by atoms with E-state index in [1.165, 1.54) is 4.70 Å². The van der Waals surface area contributed by atoms with Crippen LogP contribution in [0, 0.1) is 0 Å². The van der Waals surface area contributed by atoms with Crippen LogP contribution in [-0.4, -0.2) is 47.1 Å². The second-order valence-electron chi connectivity index (χ2n) is 7.47. The van der Waals surface area contributed by atoms with E-state index >= 15 is 0 Å². The van der Waals surface area contributed by atoms with Gasteiger partial charge in [-0.15, -0.1) is 11.3 Å². The van der Waals surface area contributed by atoms with Gasteiger partial charge >= 0.3 is 0 Å². The minimum Gasteiger partial charge on any atom is -0.377 e. The van der Waals surface area contributed by atoms with Gasteiger partial charge < -0.3 is 10.1 Å². The summed E-state index contributed by atoms with van der Waals surface area (Å²) in [4.78, 5) is 19.2. The van der Waals surface area contributed by atoms with Gasteiger partial charge in [0.25, 0.3) is 0 Å². The second kappa shape index (κ2) is 7.25. The third-order valence-corrected chi connectivity index (χ3v) is 7.08. The summed E-state index contributed by atoms with van der Waals surface area (Å²) >= 11 is 1.78. The molecule has 0 unspecified atom stereocenters. The molecule has 1 amide bonds. The van der Waals surface area contributed by atoms with E-state index in [4.69, 9.17) is 9.72 Å². The number of benzene rings is 1. The van der Waals surface area contributed by atoms with Crippen LogP contribution in [0.4, 0.5) is 0 Å². The maximum absolute atomic E-state index is 11.8. The summed E-state index contributed by atoms with van der Waals surface area (Å²) in [6.45, 7) is 3.80. The zero-order valence-electron chi connectivity index (χ0n) is 15.5. The molecule has 1 saturated carbocycles. The van der Waals surface area contributed by atoms with Gasteiger partial charge in [-0.25, -0.2) is 4.98 Å². The number of fused-ring (bicyclic) bond motifs is 2. The highest BCUT2D eigenvalue weighted by Crippen LogP contribution is 2.43. The van der Waals surface area contributed by atoms with E-state index in [2.05, 4.69) is 28.4 Å². The van der Waals surface area contributed by atoms with Crippen LogP contribution in [0.25, 0.3) is 10.2 Å². The molecule has 1 N–H and O–H groups in total. The quantitative estimate of drug-likeness (QED) is 0.873. The van der Waals surface area contributed by atoms with Crippen LogP contribution in [0.15, 0.2) is 24.3 Å². The molecule has 1 aromatic heterocycles. The number of amides is 1. The summed E-state index contributed by atoms with van der Waals surface area (Å²) in [6, 6.07) is 8.92. The van der Waals surface area contributed by atoms with Crippen molar-refractivity contribution in [3.8, 4) is 0 Å². The summed E-state index contributed by atoms with van der Waals surface area (Å²) in [5, 5.41) is 4.36. The Morgan fingerprint density at radius 3 is 3.04 bits per heavy atom. The lowest BCUT2D eigenvalue weighted by atomic mass is 9.78. The van der Waals surface area contributed by atoms with Crippen molar-refractivity contribution >= 4 is 27.5 Å². The zero-order valence-corrected chi connectivity index (χ0v) is 16.3. The van der Waals surface area contributed by atoms with E-state index in [0.717, 1.165) is 49.3 Å². The molecule has 2 aromatic rings. The Balaban J connectivity index is 1.51. The molecule has 5 nitrogen and oxygen atoms in total. The molecule has 2 aliphatic rings. The first kappa shape index (κ1) is 17.9. The van der Waals surface area contributed by atoms with E-state index in [0.29, 0.717) is 12.5 Å². The first-order valence-electron chi connectivity index (χ1n) is 9.56. The SMILES string of the molecule is CCC(=O)N[C@@H]1CC[C@@]2(OC)CCN(Cc3nc4ccccc4s3)[C@H]2C1. The molecule has 1 aromatic carbocycles. The van der Waals surface area contributed by atoms with Gasteiger partial charge in [-0.05, 0) is 37.8 Å². The molecule has 6 heteroatoms. The van der Waals surface area contributed by atoms with Crippen LogP contribution in [0.3, 0.4) is 0 Å². The van der Waals surface area contributed by atoms with Crippen molar-refractivity contribution in [2.45, 2.75) is 63.3 Å². The van der Waals surface area contributed by atoms with Gasteiger partial charge in [0, 0.05) is 32.2 Å². The molecule has 0 radical (unpaired) electrons. The zero-order chi connectivity index (χ0) is 18.1. The van der Waals surface area contributed by atoms with E-state index in [-0.39, 0.29) is 17.6 Å². The van der Waals surface area contributed by atoms with Crippen molar-refractivity contribution < 1.29 is 9.53 Å². The number of aromatic nitrogens is 1. The fourth-order valence-corrected chi connectivity index (χ4v) is 5.59. The van der Waals surface area contributed by atoms with Crippen LogP contribution < -0.4 is 5.32 Å². The number of hydrogen-bond donors (Lipinski definition) is 1. The predicted molar refractivity (Wildman–Crippen MR) is 104 cm³/mol. The number of ether oxygens (including phenoxy) is 1. The number of hydrogen-bond acceptors (Lipinski definition) is 5. The Labute approximate surface area is 158 Å². The number of rotatable bonds is 5. The van der Waals surface area contributed by atoms with Crippen LogP contribution in [0.2, 0.25) is 0 Å². The number of nitrogens with zero attached hydrogens (tertiary/aromatic N) is 2. The van der Waals surface area contributed by atoms with E-state index in [1.54, 1.807) is 11.3 Å². The van der Waals surface area contributed by atoms with Crippen molar-refractivity contribution in [1.29, 1.82) is 0 Å². The van der Waals surface area contributed by atoms with Gasteiger partial charge in [-0.2, -0.15) is 0 Å². The van der Waals surface area contributed by atoms with Gasteiger partial charge in [0.1, 0.15) is 5.01 Å². The second-order valence-corrected chi connectivity index (χ2v) is 8.59. The van der Waals surface area contributed by atoms with E-state index < -0.39 is 0 Å². The molecule has 140 valence electrons. The van der Waals surface area contributed by atoms with Crippen LogP contribution in [0.1, 0.15) is 44.0 Å². The first-order chi connectivity index (χ1) is 12.6. The Morgan fingerprint density at radius 1 is 1.42 bits per heavy atom. The highest BCUT2D eigenvalue weighted by atomic mass is 32.1. The predicted octanol–water partition coefficient (Wildman–Crippen LogP) is 3.33. The third-order valence-electron chi connectivity index (χ3n) is 6.06. The summed E-state index contributed by atoms with van der Waals surface area (Å²) in [6.07, 6.45) is 4.59. The molecule has 1 aliphatic carbocycles. The smallest absolute Gasteiger partial charge is 0.219 e. The van der Waals surface area contributed by atoms with Gasteiger partial charge in [-0.1, -0.05) is 19.1 Å². The summed E-state index contributed by atoms with van der Waals surface area (Å²) < 4.78 is 7.28. The number of thiazole rings is 1. The average molecular weight is 374 g/mol. The van der Waals surface area contributed by atoms with Crippen LogP contribution in [0.5, 0.6) is 0 Å². The maximum Gasteiger partial charge on any atom is 0.219 e. The number of carbonyl (C=O) groups excluding carboxylic acids is 1. The maximum atomic E-state index is 11.8.